The maximum absolute atomic E-state index is 4.73. The zero-order valence-corrected chi connectivity index (χ0v) is 12.0. The van der Waals surface area contributed by atoms with Gasteiger partial charge in [0.15, 0.2) is 5.96 Å². The fraction of sp³-hybridized carbons (Fsp3) is 0.929. The van der Waals surface area contributed by atoms with Crippen molar-refractivity contribution in [2.24, 2.45) is 10.9 Å². The zero-order chi connectivity index (χ0) is 12.6. The monoisotopic (exact) mass is 237 g/mol. The second-order valence-corrected chi connectivity index (χ2v) is 5.94. The molecule has 3 heteroatoms. The van der Waals surface area contributed by atoms with Crippen LogP contribution < -0.4 is 0 Å². The van der Waals surface area contributed by atoms with Crippen LogP contribution in [0.25, 0.3) is 0 Å². The van der Waals surface area contributed by atoms with Gasteiger partial charge in [-0.25, -0.2) is 0 Å². The molecule has 3 unspecified atom stereocenters. The van der Waals surface area contributed by atoms with Gasteiger partial charge < -0.3 is 9.80 Å². The zero-order valence-electron chi connectivity index (χ0n) is 12.0. The first-order chi connectivity index (χ1) is 8.06. The summed E-state index contributed by atoms with van der Waals surface area (Å²) in [7, 11) is 2.23. The predicted molar refractivity (Wildman–Crippen MR) is 73.3 cm³/mol. The first kappa shape index (κ1) is 12.7. The summed E-state index contributed by atoms with van der Waals surface area (Å²) in [6.07, 6.45) is 4.03. The summed E-state index contributed by atoms with van der Waals surface area (Å²) in [5.74, 6) is 2.10. The highest BCUT2D eigenvalue weighted by molar-refractivity contribution is 5.83. The second kappa shape index (κ2) is 4.87. The van der Waals surface area contributed by atoms with E-state index in [4.69, 9.17) is 4.99 Å². The quantitative estimate of drug-likeness (QED) is 0.735. The van der Waals surface area contributed by atoms with Crippen molar-refractivity contribution in [2.45, 2.75) is 65.1 Å². The standard InChI is InChI=1S/C14H27N3/c1-6-15-14-16(5)13-9-11(4)7-8-12(13)17(14)10(2)3/h10-13H,6-9H2,1-5H3. The van der Waals surface area contributed by atoms with Crippen LogP contribution in [0, 0.1) is 5.92 Å². The number of rotatable bonds is 2. The fourth-order valence-corrected chi connectivity index (χ4v) is 3.50. The lowest BCUT2D eigenvalue weighted by Gasteiger charge is -2.36. The van der Waals surface area contributed by atoms with Gasteiger partial charge in [0.2, 0.25) is 0 Å². The van der Waals surface area contributed by atoms with E-state index in [9.17, 15) is 0 Å². The molecule has 0 spiro atoms. The van der Waals surface area contributed by atoms with Crippen LogP contribution in [0.1, 0.15) is 47.0 Å². The van der Waals surface area contributed by atoms with E-state index in [1.807, 2.05) is 0 Å². The molecule has 0 aromatic rings. The first-order valence-corrected chi connectivity index (χ1v) is 7.11. The minimum Gasteiger partial charge on any atom is -0.341 e. The molecule has 2 aliphatic rings. The SMILES string of the molecule is CCN=C1N(C)C2CC(C)CCC2N1C(C)C. The van der Waals surface area contributed by atoms with Crippen LogP contribution in [0.2, 0.25) is 0 Å². The Kier molecular flexibility index (Phi) is 3.64. The fourth-order valence-electron chi connectivity index (χ4n) is 3.50. The largest absolute Gasteiger partial charge is 0.341 e. The van der Waals surface area contributed by atoms with Crippen molar-refractivity contribution in [2.75, 3.05) is 13.6 Å². The van der Waals surface area contributed by atoms with E-state index < -0.39 is 0 Å². The van der Waals surface area contributed by atoms with E-state index in [0.29, 0.717) is 18.1 Å². The van der Waals surface area contributed by atoms with Crippen molar-refractivity contribution >= 4 is 5.96 Å². The van der Waals surface area contributed by atoms with Gasteiger partial charge in [-0.1, -0.05) is 6.92 Å². The second-order valence-electron chi connectivity index (χ2n) is 5.94. The van der Waals surface area contributed by atoms with Crippen LogP contribution in [0.5, 0.6) is 0 Å². The Morgan fingerprint density at radius 3 is 2.59 bits per heavy atom. The molecule has 0 aromatic carbocycles. The number of hydrogen-bond donors (Lipinski definition) is 0. The average Bonchev–Trinajstić information content (AvgIpc) is 2.54. The molecule has 1 heterocycles. The normalized spacial score (nSPS) is 35.9. The average molecular weight is 237 g/mol. The van der Waals surface area contributed by atoms with Crippen LogP contribution in [0.3, 0.4) is 0 Å². The summed E-state index contributed by atoms with van der Waals surface area (Å²) in [6, 6.07) is 1.94. The van der Waals surface area contributed by atoms with Crippen molar-refractivity contribution in [3.05, 3.63) is 0 Å². The van der Waals surface area contributed by atoms with E-state index in [0.717, 1.165) is 12.5 Å². The molecule has 0 N–H and O–H groups in total. The third-order valence-electron chi connectivity index (χ3n) is 4.30. The third-order valence-corrected chi connectivity index (χ3v) is 4.30. The van der Waals surface area contributed by atoms with Gasteiger partial charge in [-0.3, -0.25) is 4.99 Å². The number of fused-ring (bicyclic) bond motifs is 1. The van der Waals surface area contributed by atoms with Crippen LogP contribution in [0.4, 0.5) is 0 Å². The van der Waals surface area contributed by atoms with Gasteiger partial charge in [-0.05, 0) is 46.0 Å². The molecule has 1 aliphatic heterocycles. The van der Waals surface area contributed by atoms with Gasteiger partial charge in [0, 0.05) is 19.6 Å². The van der Waals surface area contributed by atoms with Crippen LogP contribution in [0.15, 0.2) is 4.99 Å². The minimum absolute atomic E-state index is 0.561. The summed E-state index contributed by atoms with van der Waals surface area (Å²) in [6.45, 7) is 9.99. The highest BCUT2D eigenvalue weighted by Crippen LogP contribution is 2.36. The minimum atomic E-state index is 0.561. The summed E-state index contributed by atoms with van der Waals surface area (Å²) in [4.78, 5) is 9.71. The Morgan fingerprint density at radius 2 is 2.00 bits per heavy atom. The van der Waals surface area contributed by atoms with Gasteiger partial charge >= 0.3 is 0 Å². The molecule has 2 fully saturated rings. The number of hydrogen-bond acceptors (Lipinski definition) is 1. The Labute approximate surface area is 106 Å². The van der Waals surface area contributed by atoms with Gasteiger partial charge in [-0.2, -0.15) is 0 Å². The van der Waals surface area contributed by atoms with Gasteiger partial charge in [0.25, 0.3) is 0 Å². The molecule has 1 saturated carbocycles. The lowest BCUT2D eigenvalue weighted by atomic mass is 9.83. The first-order valence-electron chi connectivity index (χ1n) is 7.11. The van der Waals surface area contributed by atoms with Gasteiger partial charge in [0.05, 0.1) is 12.1 Å². The number of nitrogens with zero attached hydrogens (tertiary/aromatic N) is 3. The molecule has 0 bridgehead atoms. The Hall–Kier alpha value is -0.730. The molecular formula is C14H27N3. The van der Waals surface area contributed by atoms with E-state index in [-0.39, 0.29) is 0 Å². The maximum Gasteiger partial charge on any atom is 0.197 e. The van der Waals surface area contributed by atoms with E-state index in [1.54, 1.807) is 0 Å². The van der Waals surface area contributed by atoms with Crippen LogP contribution in [-0.4, -0.2) is 47.5 Å². The summed E-state index contributed by atoms with van der Waals surface area (Å²) in [5.41, 5.74) is 0. The van der Waals surface area contributed by atoms with Crippen molar-refractivity contribution in [3.63, 3.8) is 0 Å². The Morgan fingerprint density at radius 1 is 1.29 bits per heavy atom. The van der Waals surface area contributed by atoms with E-state index in [2.05, 4.69) is 44.5 Å². The molecule has 98 valence electrons. The van der Waals surface area contributed by atoms with Crippen molar-refractivity contribution < 1.29 is 0 Å². The smallest absolute Gasteiger partial charge is 0.197 e. The van der Waals surface area contributed by atoms with Crippen molar-refractivity contribution in [1.29, 1.82) is 0 Å². The number of likely N-dealkylation sites (N-methyl/N-ethyl adjacent to an activating group) is 1. The van der Waals surface area contributed by atoms with Gasteiger partial charge in [-0.15, -0.1) is 0 Å². The third kappa shape index (κ3) is 2.16. The maximum atomic E-state index is 4.73. The summed E-state index contributed by atoms with van der Waals surface area (Å²) in [5, 5.41) is 0. The molecule has 0 amide bonds. The van der Waals surface area contributed by atoms with E-state index >= 15 is 0 Å². The number of guanidine groups is 1. The molecule has 1 saturated heterocycles. The highest BCUT2D eigenvalue weighted by Gasteiger charge is 2.45. The van der Waals surface area contributed by atoms with Crippen LogP contribution in [-0.2, 0) is 0 Å². The van der Waals surface area contributed by atoms with Gasteiger partial charge in [0.1, 0.15) is 0 Å². The van der Waals surface area contributed by atoms with Crippen molar-refractivity contribution in [1.82, 2.24) is 9.80 Å². The molecule has 17 heavy (non-hydrogen) atoms. The highest BCUT2D eigenvalue weighted by atomic mass is 15.5. The summed E-state index contributed by atoms with van der Waals surface area (Å²) < 4.78 is 0. The molecule has 1 aliphatic carbocycles. The molecule has 0 aromatic heterocycles. The van der Waals surface area contributed by atoms with Crippen molar-refractivity contribution in [3.8, 4) is 0 Å². The summed E-state index contributed by atoms with van der Waals surface area (Å²) >= 11 is 0. The molecule has 2 rings (SSSR count). The molecular weight excluding hydrogens is 210 g/mol. The Balaban J connectivity index is 2.27. The number of aliphatic imine (C=N–C) groups is 1. The van der Waals surface area contributed by atoms with E-state index in [1.165, 1.54) is 25.2 Å². The molecule has 3 nitrogen and oxygen atoms in total. The lowest BCUT2D eigenvalue weighted by Crippen LogP contribution is -2.44. The Bertz CT molecular complexity index is 298. The molecule has 3 atom stereocenters. The molecule has 0 radical (unpaired) electrons. The van der Waals surface area contributed by atoms with Crippen LogP contribution >= 0.6 is 0 Å². The topological polar surface area (TPSA) is 18.8 Å². The lowest BCUT2D eigenvalue weighted by molar-refractivity contribution is 0.165. The predicted octanol–water partition coefficient (Wildman–Crippen LogP) is 2.58.